The number of carboxylic acids is 1. The molecule has 1 unspecified atom stereocenters. The van der Waals surface area contributed by atoms with Gasteiger partial charge in [-0.2, -0.15) is 0 Å². The molecule has 5 nitrogen and oxygen atoms in total. The van der Waals surface area contributed by atoms with Crippen molar-refractivity contribution in [2.24, 2.45) is 5.92 Å². The molecule has 17 heavy (non-hydrogen) atoms. The third kappa shape index (κ3) is 2.63. The molecule has 0 aliphatic carbocycles. The van der Waals surface area contributed by atoms with Gasteiger partial charge in [0.1, 0.15) is 0 Å². The van der Waals surface area contributed by atoms with E-state index < -0.39 is 5.97 Å². The summed E-state index contributed by atoms with van der Waals surface area (Å²) in [6.45, 7) is 3.27. The zero-order chi connectivity index (χ0) is 12.4. The van der Waals surface area contributed by atoms with E-state index in [1.807, 2.05) is 0 Å². The lowest BCUT2D eigenvalue weighted by atomic mass is 10.1. The molecule has 1 amide bonds. The highest BCUT2D eigenvalue weighted by atomic mass is 32.1. The summed E-state index contributed by atoms with van der Waals surface area (Å²) in [4.78, 5) is 28.1. The van der Waals surface area contributed by atoms with Gasteiger partial charge in [0.15, 0.2) is 0 Å². The fourth-order valence-corrected chi connectivity index (χ4v) is 2.60. The molecule has 1 atom stereocenters. The molecule has 0 radical (unpaired) electrons. The Labute approximate surface area is 103 Å². The Morgan fingerprint density at radius 3 is 3.00 bits per heavy atom. The molecule has 2 heterocycles. The average Bonchev–Trinajstić information content (AvgIpc) is 2.87. The first-order valence-electron chi connectivity index (χ1n) is 5.55. The molecule has 0 spiro atoms. The number of amides is 1. The van der Waals surface area contributed by atoms with Gasteiger partial charge < -0.3 is 10.0 Å². The van der Waals surface area contributed by atoms with E-state index in [1.165, 1.54) is 0 Å². The van der Waals surface area contributed by atoms with Gasteiger partial charge in [-0.3, -0.25) is 4.79 Å². The van der Waals surface area contributed by atoms with Gasteiger partial charge in [-0.1, -0.05) is 13.3 Å². The van der Waals surface area contributed by atoms with Gasteiger partial charge in [0.05, 0.1) is 12.2 Å². The predicted molar refractivity (Wildman–Crippen MR) is 62.9 cm³/mol. The van der Waals surface area contributed by atoms with Crippen LogP contribution in [0.4, 0.5) is 0 Å². The SMILES string of the molecule is CCC1CC(=O)N(Cc2csc(C(=O)O)n2)C1. The number of hydrogen-bond acceptors (Lipinski definition) is 4. The number of aromatic nitrogens is 1. The van der Waals surface area contributed by atoms with Crippen molar-refractivity contribution in [2.45, 2.75) is 26.3 Å². The standard InChI is InChI=1S/C11H14N2O3S/c1-2-7-3-9(14)13(4-7)5-8-6-17-10(12-8)11(15)16/h6-7H,2-5H2,1H3,(H,15,16). The summed E-state index contributed by atoms with van der Waals surface area (Å²) in [5, 5.41) is 10.5. The second-order valence-corrected chi connectivity index (χ2v) is 5.06. The molecule has 1 N–H and O–H groups in total. The number of rotatable bonds is 4. The molecule has 1 aliphatic rings. The quantitative estimate of drug-likeness (QED) is 0.886. The lowest BCUT2D eigenvalue weighted by molar-refractivity contribution is -0.128. The van der Waals surface area contributed by atoms with Crippen molar-refractivity contribution in [2.75, 3.05) is 6.54 Å². The van der Waals surface area contributed by atoms with E-state index >= 15 is 0 Å². The molecule has 1 aliphatic heterocycles. The third-order valence-electron chi connectivity index (χ3n) is 2.96. The van der Waals surface area contributed by atoms with Gasteiger partial charge in [0.25, 0.3) is 0 Å². The molecule has 0 aromatic carbocycles. The van der Waals surface area contributed by atoms with Crippen LogP contribution in [-0.4, -0.2) is 33.4 Å². The van der Waals surface area contributed by atoms with E-state index in [0.29, 0.717) is 24.6 Å². The number of hydrogen-bond donors (Lipinski definition) is 1. The normalized spacial score (nSPS) is 19.9. The molecular weight excluding hydrogens is 240 g/mol. The predicted octanol–water partition coefficient (Wildman–Crippen LogP) is 1.60. The first-order chi connectivity index (χ1) is 8.10. The summed E-state index contributed by atoms with van der Waals surface area (Å²) >= 11 is 1.10. The lowest BCUT2D eigenvalue weighted by Gasteiger charge is -2.14. The number of thiazole rings is 1. The van der Waals surface area contributed by atoms with Crippen LogP contribution in [0.25, 0.3) is 0 Å². The van der Waals surface area contributed by atoms with E-state index in [2.05, 4.69) is 11.9 Å². The maximum Gasteiger partial charge on any atom is 0.365 e. The molecule has 0 saturated carbocycles. The van der Waals surface area contributed by atoms with Crippen molar-refractivity contribution < 1.29 is 14.7 Å². The maximum absolute atomic E-state index is 11.7. The first-order valence-corrected chi connectivity index (χ1v) is 6.43. The summed E-state index contributed by atoms with van der Waals surface area (Å²) in [5.41, 5.74) is 0.664. The molecule has 0 bridgehead atoms. The van der Waals surface area contributed by atoms with Gasteiger partial charge in [-0.15, -0.1) is 11.3 Å². The Bertz CT molecular complexity index is 444. The van der Waals surface area contributed by atoms with Crippen LogP contribution in [0.2, 0.25) is 0 Å². The largest absolute Gasteiger partial charge is 0.476 e. The van der Waals surface area contributed by atoms with Crippen molar-refractivity contribution in [1.29, 1.82) is 0 Å². The van der Waals surface area contributed by atoms with Crippen LogP contribution in [0.3, 0.4) is 0 Å². The summed E-state index contributed by atoms with van der Waals surface area (Å²) in [6, 6.07) is 0. The van der Waals surface area contributed by atoms with Crippen LogP contribution >= 0.6 is 11.3 Å². The number of nitrogens with zero attached hydrogens (tertiary/aromatic N) is 2. The molecule has 1 fully saturated rings. The maximum atomic E-state index is 11.7. The summed E-state index contributed by atoms with van der Waals surface area (Å²) in [6.07, 6.45) is 1.60. The molecule has 1 aromatic rings. The third-order valence-corrected chi connectivity index (χ3v) is 3.84. The minimum absolute atomic E-state index is 0.0821. The Morgan fingerprint density at radius 1 is 1.71 bits per heavy atom. The van der Waals surface area contributed by atoms with Gasteiger partial charge in [-0.25, -0.2) is 9.78 Å². The van der Waals surface area contributed by atoms with Gasteiger partial charge in [0, 0.05) is 18.3 Å². The minimum atomic E-state index is -1.01. The van der Waals surface area contributed by atoms with Crippen LogP contribution in [-0.2, 0) is 11.3 Å². The van der Waals surface area contributed by atoms with Crippen molar-refractivity contribution in [3.05, 3.63) is 16.1 Å². The zero-order valence-corrected chi connectivity index (χ0v) is 10.4. The van der Waals surface area contributed by atoms with Crippen LogP contribution < -0.4 is 0 Å². The topological polar surface area (TPSA) is 70.5 Å². The lowest BCUT2D eigenvalue weighted by Crippen LogP contribution is -2.24. The number of aromatic carboxylic acids is 1. The summed E-state index contributed by atoms with van der Waals surface area (Å²) in [5.74, 6) is -0.442. The number of likely N-dealkylation sites (tertiary alicyclic amines) is 1. The van der Waals surface area contributed by atoms with Gasteiger partial charge in [0.2, 0.25) is 10.9 Å². The van der Waals surface area contributed by atoms with E-state index in [1.54, 1.807) is 10.3 Å². The van der Waals surface area contributed by atoms with Crippen LogP contribution in [0.15, 0.2) is 5.38 Å². The Kier molecular flexibility index (Phi) is 3.42. The fraction of sp³-hybridized carbons (Fsp3) is 0.545. The van der Waals surface area contributed by atoms with Crippen molar-refractivity contribution in [3.63, 3.8) is 0 Å². The smallest absolute Gasteiger partial charge is 0.365 e. The molecule has 6 heteroatoms. The molecular formula is C11H14N2O3S. The second-order valence-electron chi connectivity index (χ2n) is 4.20. The van der Waals surface area contributed by atoms with E-state index in [0.717, 1.165) is 24.3 Å². The number of carbonyl (C=O) groups excluding carboxylic acids is 1. The van der Waals surface area contributed by atoms with Crippen LogP contribution in [0.1, 0.15) is 35.3 Å². The molecule has 1 saturated heterocycles. The first kappa shape index (κ1) is 12.0. The van der Waals surface area contributed by atoms with E-state index in [-0.39, 0.29) is 10.9 Å². The highest BCUT2D eigenvalue weighted by molar-refractivity contribution is 7.11. The van der Waals surface area contributed by atoms with Crippen molar-refractivity contribution in [1.82, 2.24) is 9.88 Å². The van der Waals surface area contributed by atoms with Gasteiger partial charge in [-0.05, 0) is 5.92 Å². The molecule has 2 rings (SSSR count). The average molecular weight is 254 g/mol. The number of carbonyl (C=O) groups is 2. The monoisotopic (exact) mass is 254 g/mol. The van der Waals surface area contributed by atoms with Gasteiger partial charge >= 0.3 is 5.97 Å². The van der Waals surface area contributed by atoms with E-state index in [9.17, 15) is 9.59 Å². The summed E-state index contributed by atoms with van der Waals surface area (Å²) < 4.78 is 0. The highest BCUT2D eigenvalue weighted by Crippen LogP contribution is 2.22. The molecule has 92 valence electrons. The highest BCUT2D eigenvalue weighted by Gasteiger charge is 2.28. The Balaban J connectivity index is 2.01. The minimum Gasteiger partial charge on any atom is -0.476 e. The van der Waals surface area contributed by atoms with Crippen molar-refractivity contribution in [3.8, 4) is 0 Å². The van der Waals surface area contributed by atoms with Crippen molar-refractivity contribution >= 4 is 23.2 Å². The fourth-order valence-electron chi connectivity index (χ4n) is 1.95. The van der Waals surface area contributed by atoms with E-state index in [4.69, 9.17) is 5.11 Å². The summed E-state index contributed by atoms with van der Waals surface area (Å²) in [7, 11) is 0. The Hall–Kier alpha value is -1.43. The number of carboxylic acid groups (broad SMARTS) is 1. The van der Waals surface area contributed by atoms with Crippen LogP contribution in [0, 0.1) is 5.92 Å². The van der Waals surface area contributed by atoms with Crippen LogP contribution in [0.5, 0.6) is 0 Å². The second kappa shape index (κ2) is 4.83. The molecule has 1 aromatic heterocycles. The Morgan fingerprint density at radius 2 is 2.47 bits per heavy atom. The zero-order valence-electron chi connectivity index (χ0n) is 9.55.